The van der Waals surface area contributed by atoms with Crippen molar-refractivity contribution in [1.82, 2.24) is 19.6 Å². The molecule has 0 aliphatic carbocycles. The van der Waals surface area contributed by atoms with Crippen LogP contribution < -0.4 is 0 Å². The van der Waals surface area contributed by atoms with Crippen LogP contribution >= 0.6 is 0 Å². The smallest absolute Gasteiger partial charge is 0.0379 e. The monoisotopic (exact) mass is 426 g/mol. The first-order valence-electron chi connectivity index (χ1n) is 10.9. The Morgan fingerprint density at radius 1 is 0.867 bits per heavy atom. The maximum atomic E-state index is 2.44. The van der Waals surface area contributed by atoms with Gasteiger partial charge in [-0.15, -0.1) is 0 Å². The van der Waals surface area contributed by atoms with Crippen molar-refractivity contribution in [2.45, 2.75) is 93.4 Å². The first kappa shape index (κ1) is 37.0. The van der Waals surface area contributed by atoms with Crippen LogP contribution in [0.25, 0.3) is 0 Å². The fourth-order valence-corrected chi connectivity index (χ4v) is 2.63. The molecule has 0 bridgehead atoms. The molecule has 0 amide bonds. The number of hydrogen-bond acceptors (Lipinski definition) is 4. The van der Waals surface area contributed by atoms with Gasteiger partial charge in [-0.05, 0) is 95.2 Å². The number of likely N-dealkylation sites (tertiary alicyclic amines) is 1. The van der Waals surface area contributed by atoms with Gasteiger partial charge in [0.15, 0.2) is 0 Å². The van der Waals surface area contributed by atoms with Gasteiger partial charge in [-0.1, -0.05) is 33.9 Å². The summed E-state index contributed by atoms with van der Waals surface area (Å²) in [5.41, 5.74) is 0. The lowest BCUT2D eigenvalue weighted by molar-refractivity contribution is 0.162. The minimum absolute atomic E-state index is 0. The van der Waals surface area contributed by atoms with Crippen LogP contribution in [-0.4, -0.2) is 107 Å². The van der Waals surface area contributed by atoms with E-state index in [2.05, 4.69) is 109 Å². The number of likely N-dealkylation sites (N-methyl/N-ethyl adjacent to an activating group) is 2. The van der Waals surface area contributed by atoms with Crippen molar-refractivity contribution in [3.05, 3.63) is 12.2 Å². The summed E-state index contributed by atoms with van der Waals surface area (Å²) >= 11 is 0. The van der Waals surface area contributed by atoms with E-state index in [1.54, 1.807) is 0 Å². The van der Waals surface area contributed by atoms with Crippen molar-refractivity contribution >= 4 is 8.41 Å². The van der Waals surface area contributed by atoms with Gasteiger partial charge in [-0.2, -0.15) is 0 Å². The van der Waals surface area contributed by atoms with Gasteiger partial charge in [0.05, 0.1) is 0 Å². The van der Waals surface area contributed by atoms with Crippen LogP contribution in [0.3, 0.4) is 0 Å². The van der Waals surface area contributed by atoms with E-state index in [0.29, 0.717) is 12.1 Å². The lowest BCUT2D eigenvalue weighted by atomic mass is 9.94. The fourth-order valence-electron chi connectivity index (χ4n) is 2.63. The molecule has 30 heavy (non-hydrogen) atoms. The molecule has 3 rings (SSSR count). The Morgan fingerprint density at radius 3 is 1.47 bits per heavy atom. The van der Waals surface area contributed by atoms with Gasteiger partial charge in [0, 0.05) is 45.7 Å². The minimum atomic E-state index is 0. The molecule has 5 heteroatoms. The molecule has 0 spiro atoms. The average Bonchev–Trinajstić information content (AvgIpc) is 3.09. The number of rotatable bonds is 1. The summed E-state index contributed by atoms with van der Waals surface area (Å²) < 4.78 is 0. The van der Waals surface area contributed by atoms with E-state index in [0.717, 1.165) is 24.5 Å². The van der Waals surface area contributed by atoms with Crippen molar-refractivity contribution in [3.63, 3.8) is 0 Å². The largest absolute Gasteiger partial charge is 0.307 e. The van der Waals surface area contributed by atoms with E-state index in [-0.39, 0.29) is 23.3 Å². The SMILES string of the molecule is C.C.CC(C)N(C)C.CC1C=CCN1C.CC1CCN(C)C(C)C1.CC1CN1C.[BH]. The third-order valence-corrected chi connectivity index (χ3v) is 6.18. The Morgan fingerprint density at radius 2 is 1.30 bits per heavy atom. The zero-order chi connectivity index (χ0) is 21.1. The molecule has 2 saturated heterocycles. The first-order valence-corrected chi connectivity index (χ1v) is 10.9. The Labute approximate surface area is 194 Å². The molecule has 2 fully saturated rings. The van der Waals surface area contributed by atoms with Crippen LogP contribution in [-0.2, 0) is 0 Å². The summed E-state index contributed by atoms with van der Waals surface area (Å²) in [6, 6.07) is 3.05. The molecule has 182 valence electrons. The van der Waals surface area contributed by atoms with Gasteiger partial charge < -0.3 is 14.7 Å². The lowest BCUT2D eigenvalue weighted by Gasteiger charge is -2.33. The molecular weight excluding hydrogens is 367 g/mol. The molecule has 3 heterocycles. The molecule has 5 atom stereocenters. The molecule has 3 aliphatic rings. The van der Waals surface area contributed by atoms with Gasteiger partial charge >= 0.3 is 0 Å². The molecule has 0 aromatic heterocycles. The Kier molecular flexibility index (Phi) is 23.8. The zero-order valence-electron chi connectivity index (χ0n) is 21.1. The van der Waals surface area contributed by atoms with Crippen molar-refractivity contribution in [2.24, 2.45) is 5.92 Å². The van der Waals surface area contributed by atoms with Gasteiger partial charge in [0.2, 0.25) is 0 Å². The van der Waals surface area contributed by atoms with Crippen LogP contribution in [0, 0.1) is 5.92 Å². The summed E-state index contributed by atoms with van der Waals surface area (Å²) in [5.74, 6) is 0.955. The van der Waals surface area contributed by atoms with Crippen LogP contribution in [0.1, 0.15) is 69.2 Å². The number of hydrogen-bond donors (Lipinski definition) is 0. The van der Waals surface area contributed by atoms with Gasteiger partial charge in [-0.25, -0.2) is 0 Å². The maximum Gasteiger partial charge on any atom is 0.0379 e. The van der Waals surface area contributed by atoms with E-state index in [1.165, 1.54) is 25.9 Å². The molecule has 4 nitrogen and oxygen atoms in total. The van der Waals surface area contributed by atoms with E-state index in [9.17, 15) is 0 Å². The van der Waals surface area contributed by atoms with Gasteiger partial charge in [0.25, 0.3) is 0 Å². The molecule has 5 unspecified atom stereocenters. The third kappa shape index (κ3) is 18.4. The molecule has 0 N–H and O–H groups in total. The predicted molar refractivity (Wildman–Crippen MR) is 143 cm³/mol. The highest BCUT2D eigenvalue weighted by Gasteiger charge is 2.22. The summed E-state index contributed by atoms with van der Waals surface area (Å²) in [6.45, 7) is 17.1. The quantitative estimate of drug-likeness (QED) is 0.347. The molecule has 3 aliphatic heterocycles. The second-order valence-electron chi connectivity index (χ2n) is 9.41. The van der Waals surface area contributed by atoms with E-state index >= 15 is 0 Å². The van der Waals surface area contributed by atoms with Crippen LogP contribution in [0.5, 0.6) is 0 Å². The second-order valence-corrected chi connectivity index (χ2v) is 9.41. The van der Waals surface area contributed by atoms with E-state index in [4.69, 9.17) is 0 Å². The highest BCUT2D eigenvalue weighted by molar-refractivity contribution is 5.75. The Balaban J connectivity index is -0.000000148. The van der Waals surface area contributed by atoms with Crippen LogP contribution in [0.4, 0.5) is 0 Å². The van der Waals surface area contributed by atoms with Crippen LogP contribution in [0.15, 0.2) is 12.2 Å². The normalized spacial score (nSPS) is 29.6. The Hall–Kier alpha value is -0.355. The average molecular weight is 427 g/mol. The van der Waals surface area contributed by atoms with Gasteiger partial charge in [0.1, 0.15) is 0 Å². The molecule has 2 radical (unpaired) electrons. The highest BCUT2D eigenvalue weighted by Crippen LogP contribution is 2.19. The molecule has 0 aromatic carbocycles. The lowest BCUT2D eigenvalue weighted by Crippen LogP contribution is -2.36. The van der Waals surface area contributed by atoms with Crippen molar-refractivity contribution in [3.8, 4) is 0 Å². The first-order chi connectivity index (χ1) is 12.5. The standard InChI is InChI=1S/C8H17N.C6H11N.C5H13N.C4H9N.2CH4.BH/c1-7-4-5-9(3)8(2)6-7;1-6-4-3-5-7(6)2;1-5(2)6(3)4;1-4-3-5(4)2;;;/h7-8H,4-6H2,1-3H3;3-4,6H,5H2,1-2H3;5H,1-4H3;4H,3H2,1-2H3;2*1H4;1H. The van der Waals surface area contributed by atoms with Gasteiger partial charge in [-0.3, -0.25) is 4.90 Å². The Bertz CT molecular complexity index is 389. The third-order valence-electron chi connectivity index (χ3n) is 6.18. The highest BCUT2D eigenvalue weighted by atomic mass is 15.3. The molecule has 0 saturated carbocycles. The number of piperidine rings is 1. The summed E-state index contributed by atoms with van der Waals surface area (Å²) in [4.78, 5) is 9.19. The van der Waals surface area contributed by atoms with E-state index in [1.807, 2.05) is 0 Å². The minimum Gasteiger partial charge on any atom is -0.307 e. The van der Waals surface area contributed by atoms with Crippen LogP contribution in [0.2, 0.25) is 0 Å². The predicted octanol–water partition coefficient (Wildman–Crippen LogP) is 4.51. The number of nitrogens with zero attached hydrogens (tertiary/aromatic N) is 4. The van der Waals surface area contributed by atoms with E-state index < -0.39 is 0 Å². The molecule has 0 aromatic rings. The summed E-state index contributed by atoms with van der Waals surface area (Å²) in [7, 11) is 10.6. The zero-order valence-corrected chi connectivity index (χ0v) is 21.1. The topological polar surface area (TPSA) is 12.7 Å². The summed E-state index contributed by atoms with van der Waals surface area (Å²) in [5, 5.41) is 0. The second kappa shape index (κ2) is 19.3. The van der Waals surface area contributed by atoms with Crippen molar-refractivity contribution < 1.29 is 0 Å². The maximum absolute atomic E-state index is 2.44. The van der Waals surface area contributed by atoms with Crippen molar-refractivity contribution in [1.29, 1.82) is 0 Å². The fraction of sp³-hybridized carbons (Fsp3) is 0.920. The van der Waals surface area contributed by atoms with Crippen molar-refractivity contribution in [2.75, 3.05) is 54.9 Å². The summed E-state index contributed by atoms with van der Waals surface area (Å²) in [6.07, 6.45) is 7.20. The molecular formula is C25H59BN4.